The highest BCUT2D eigenvalue weighted by atomic mass is 32.1. The van der Waals surface area contributed by atoms with E-state index in [9.17, 15) is 14.7 Å². The summed E-state index contributed by atoms with van der Waals surface area (Å²) in [4.78, 5) is 37.0. The van der Waals surface area contributed by atoms with E-state index < -0.39 is 23.5 Å². The van der Waals surface area contributed by atoms with E-state index >= 15 is 0 Å². The van der Waals surface area contributed by atoms with Crippen LogP contribution in [0.2, 0.25) is 0 Å². The van der Waals surface area contributed by atoms with Crippen LogP contribution in [0.3, 0.4) is 0 Å². The van der Waals surface area contributed by atoms with Crippen molar-refractivity contribution in [3.05, 3.63) is 81.3 Å². The smallest absolute Gasteiger partial charge is 0.294 e. The normalized spacial score (nSPS) is 16.3. The summed E-state index contributed by atoms with van der Waals surface area (Å²) >= 11 is 1.24. The van der Waals surface area contributed by atoms with Crippen LogP contribution in [0.4, 0.5) is 5.69 Å². The molecule has 4 rings (SSSR count). The average molecular weight is 421 g/mol. The Kier molecular flexibility index (Phi) is 5.09. The molecule has 0 aliphatic carbocycles. The van der Waals surface area contributed by atoms with E-state index in [0.717, 1.165) is 5.01 Å². The Morgan fingerprint density at radius 1 is 1.17 bits per heavy atom. The van der Waals surface area contributed by atoms with E-state index in [0.29, 0.717) is 27.7 Å². The Morgan fingerprint density at radius 3 is 2.47 bits per heavy atom. The second-order valence-corrected chi connectivity index (χ2v) is 7.97. The number of anilines is 1. The maximum Gasteiger partial charge on any atom is 0.294 e. The molecule has 1 unspecified atom stereocenters. The highest BCUT2D eigenvalue weighted by Crippen LogP contribution is 2.42. The zero-order valence-corrected chi connectivity index (χ0v) is 17.4. The van der Waals surface area contributed by atoms with Gasteiger partial charge < -0.3 is 9.84 Å². The lowest BCUT2D eigenvalue weighted by atomic mass is 9.98. The third-order valence-electron chi connectivity index (χ3n) is 4.88. The molecule has 152 valence electrons. The highest BCUT2D eigenvalue weighted by molar-refractivity contribution is 7.14. The van der Waals surface area contributed by atoms with Gasteiger partial charge in [-0.3, -0.25) is 19.5 Å². The van der Waals surface area contributed by atoms with Crippen molar-refractivity contribution in [1.82, 2.24) is 9.97 Å². The highest BCUT2D eigenvalue weighted by Gasteiger charge is 2.46. The molecule has 0 radical (unpaired) electrons. The van der Waals surface area contributed by atoms with Crippen LogP contribution in [0.1, 0.15) is 32.1 Å². The minimum absolute atomic E-state index is 0.00117. The molecule has 0 spiro atoms. The standard InChI is InChI=1S/C22H19N3O4S/c1-12-21(30-13(2)24-12)19(26)17-18(16-6-4-5-11-23-16)25(22(28)20(17)27)14-7-9-15(29-3)10-8-14/h4-11,18,27H,1-3H3. The van der Waals surface area contributed by atoms with E-state index in [2.05, 4.69) is 9.97 Å². The maximum absolute atomic E-state index is 13.4. The maximum atomic E-state index is 13.4. The Balaban J connectivity index is 1.86. The van der Waals surface area contributed by atoms with Crippen LogP contribution in [0.25, 0.3) is 0 Å². The van der Waals surface area contributed by atoms with E-state index in [1.165, 1.54) is 16.2 Å². The molecule has 30 heavy (non-hydrogen) atoms. The molecular formula is C22H19N3O4S. The summed E-state index contributed by atoms with van der Waals surface area (Å²) in [6, 6.07) is 11.2. The first-order valence-corrected chi connectivity index (χ1v) is 10.0. The largest absolute Gasteiger partial charge is 0.503 e. The van der Waals surface area contributed by atoms with Crippen molar-refractivity contribution >= 4 is 28.7 Å². The molecule has 0 fully saturated rings. The van der Waals surface area contributed by atoms with Gasteiger partial charge in [0.25, 0.3) is 5.91 Å². The molecule has 3 aromatic rings. The lowest BCUT2D eigenvalue weighted by Crippen LogP contribution is -2.31. The molecular weight excluding hydrogens is 402 g/mol. The van der Waals surface area contributed by atoms with Crippen molar-refractivity contribution in [2.45, 2.75) is 19.9 Å². The number of aromatic nitrogens is 2. The van der Waals surface area contributed by atoms with Crippen molar-refractivity contribution in [3.8, 4) is 5.75 Å². The quantitative estimate of drug-likeness (QED) is 0.627. The molecule has 0 saturated carbocycles. The van der Waals surface area contributed by atoms with Gasteiger partial charge in [0.15, 0.2) is 5.76 Å². The first-order valence-electron chi connectivity index (χ1n) is 9.22. The van der Waals surface area contributed by atoms with Gasteiger partial charge in [-0.2, -0.15) is 0 Å². The molecule has 1 atom stereocenters. The van der Waals surface area contributed by atoms with Gasteiger partial charge in [-0.05, 0) is 50.2 Å². The van der Waals surface area contributed by atoms with Crippen LogP contribution in [-0.2, 0) is 4.79 Å². The summed E-state index contributed by atoms with van der Waals surface area (Å²) < 4.78 is 5.19. The summed E-state index contributed by atoms with van der Waals surface area (Å²) in [7, 11) is 1.55. The summed E-state index contributed by atoms with van der Waals surface area (Å²) in [5.74, 6) is -1.02. The van der Waals surface area contributed by atoms with Crippen LogP contribution in [-0.4, -0.2) is 33.9 Å². The minimum Gasteiger partial charge on any atom is -0.503 e. The second kappa shape index (κ2) is 7.72. The van der Waals surface area contributed by atoms with Gasteiger partial charge in [0, 0.05) is 11.9 Å². The number of aryl methyl sites for hydroxylation is 2. The van der Waals surface area contributed by atoms with E-state index in [1.54, 1.807) is 62.7 Å². The van der Waals surface area contributed by atoms with Gasteiger partial charge in [0.05, 0.1) is 34.0 Å². The summed E-state index contributed by atoms with van der Waals surface area (Å²) in [5.41, 5.74) is 1.56. The number of thiazole rings is 1. The number of Topliss-reactive ketones (excluding diaryl/α,β-unsaturated/α-hetero) is 1. The molecule has 7 nitrogen and oxygen atoms in total. The first kappa shape index (κ1) is 19.8. The fraction of sp³-hybridized carbons (Fsp3) is 0.182. The molecule has 0 saturated heterocycles. The number of aliphatic hydroxyl groups is 1. The average Bonchev–Trinajstić information content (AvgIpc) is 3.24. The van der Waals surface area contributed by atoms with E-state index in [1.807, 2.05) is 6.92 Å². The minimum atomic E-state index is -0.860. The van der Waals surface area contributed by atoms with E-state index in [-0.39, 0.29) is 5.57 Å². The van der Waals surface area contributed by atoms with Gasteiger partial charge in [-0.25, -0.2) is 4.98 Å². The summed E-state index contributed by atoms with van der Waals surface area (Å²) in [5, 5.41) is 11.5. The summed E-state index contributed by atoms with van der Waals surface area (Å²) in [6.45, 7) is 3.55. The van der Waals surface area contributed by atoms with Crippen LogP contribution >= 0.6 is 11.3 Å². The van der Waals surface area contributed by atoms with Crippen molar-refractivity contribution in [2.75, 3.05) is 12.0 Å². The topological polar surface area (TPSA) is 92.6 Å². The number of benzene rings is 1. The lowest BCUT2D eigenvalue weighted by molar-refractivity contribution is -0.117. The second-order valence-electron chi connectivity index (χ2n) is 6.77. The van der Waals surface area contributed by atoms with Crippen molar-refractivity contribution in [1.29, 1.82) is 0 Å². The predicted molar refractivity (Wildman–Crippen MR) is 113 cm³/mol. The Hall–Kier alpha value is -3.52. The van der Waals surface area contributed by atoms with Crippen LogP contribution in [0.5, 0.6) is 5.75 Å². The number of carbonyl (C=O) groups excluding carboxylic acids is 2. The molecule has 1 aliphatic heterocycles. The zero-order valence-electron chi connectivity index (χ0n) is 16.6. The number of aliphatic hydroxyl groups excluding tert-OH is 1. The number of hydrogen-bond donors (Lipinski definition) is 1. The van der Waals surface area contributed by atoms with Crippen LogP contribution in [0.15, 0.2) is 60.0 Å². The lowest BCUT2D eigenvalue weighted by Gasteiger charge is -2.26. The number of methoxy groups -OCH3 is 1. The monoisotopic (exact) mass is 421 g/mol. The van der Waals surface area contributed by atoms with Gasteiger partial charge in [0.2, 0.25) is 5.78 Å². The fourth-order valence-electron chi connectivity index (χ4n) is 3.53. The molecule has 2 aromatic heterocycles. The number of rotatable bonds is 5. The van der Waals surface area contributed by atoms with Crippen molar-refractivity contribution in [2.24, 2.45) is 0 Å². The number of ketones is 1. The molecule has 3 heterocycles. The van der Waals surface area contributed by atoms with Crippen molar-refractivity contribution in [3.63, 3.8) is 0 Å². The predicted octanol–water partition coefficient (Wildman–Crippen LogP) is 3.95. The zero-order chi connectivity index (χ0) is 21.4. The molecule has 1 N–H and O–H groups in total. The van der Waals surface area contributed by atoms with Crippen LogP contribution < -0.4 is 9.64 Å². The third-order valence-corrected chi connectivity index (χ3v) is 5.95. The Morgan fingerprint density at radius 2 is 1.90 bits per heavy atom. The fourth-order valence-corrected chi connectivity index (χ4v) is 4.40. The Bertz CT molecular complexity index is 1150. The molecule has 1 aromatic carbocycles. The molecule has 1 aliphatic rings. The number of nitrogens with zero attached hydrogens (tertiary/aromatic N) is 3. The molecule has 8 heteroatoms. The third kappa shape index (κ3) is 3.25. The van der Waals surface area contributed by atoms with E-state index in [4.69, 9.17) is 4.74 Å². The van der Waals surface area contributed by atoms with Crippen molar-refractivity contribution < 1.29 is 19.4 Å². The van der Waals surface area contributed by atoms with Gasteiger partial charge >= 0.3 is 0 Å². The Labute approximate surface area is 177 Å². The number of ether oxygens (including phenoxy) is 1. The molecule has 0 bridgehead atoms. The molecule has 1 amide bonds. The number of pyridine rings is 1. The SMILES string of the molecule is COc1ccc(N2C(=O)C(O)=C(C(=O)c3sc(C)nc3C)C2c2ccccn2)cc1. The van der Waals surface area contributed by atoms with Gasteiger partial charge in [-0.15, -0.1) is 11.3 Å². The summed E-state index contributed by atoms with van der Waals surface area (Å²) in [6.07, 6.45) is 1.59. The first-order chi connectivity index (χ1) is 14.4. The van der Waals surface area contributed by atoms with Gasteiger partial charge in [-0.1, -0.05) is 6.07 Å². The number of carbonyl (C=O) groups is 2. The van der Waals surface area contributed by atoms with Crippen LogP contribution in [0, 0.1) is 13.8 Å². The number of amides is 1. The number of hydrogen-bond acceptors (Lipinski definition) is 7. The van der Waals surface area contributed by atoms with Gasteiger partial charge in [0.1, 0.15) is 11.8 Å².